The van der Waals surface area contributed by atoms with Crippen LogP contribution in [0.3, 0.4) is 0 Å². The molecule has 1 aromatic carbocycles. The van der Waals surface area contributed by atoms with Crippen molar-refractivity contribution in [2.24, 2.45) is 4.99 Å². The van der Waals surface area contributed by atoms with Crippen molar-refractivity contribution >= 4 is 34.7 Å². The summed E-state index contributed by atoms with van der Waals surface area (Å²) in [6.45, 7) is 0. The number of nitrogens with zero attached hydrogens (tertiary/aromatic N) is 3. The fourth-order valence-corrected chi connectivity index (χ4v) is 3.59. The summed E-state index contributed by atoms with van der Waals surface area (Å²) in [5, 5.41) is 3.38. The van der Waals surface area contributed by atoms with Crippen LogP contribution in [0.25, 0.3) is 11.1 Å². The minimum absolute atomic E-state index is 0.241. The molecular formula is C23H15ClN4O2. The lowest BCUT2D eigenvalue weighted by Crippen LogP contribution is -2.11. The van der Waals surface area contributed by atoms with Crippen molar-refractivity contribution in [3.8, 4) is 11.1 Å². The molecule has 0 saturated heterocycles. The number of nitrogens with one attached hydrogen (secondary N) is 1. The molecule has 1 amide bonds. The van der Waals surface area contributed by atoms with E-state index in [2.05, 4.69) is 26.3 Å². The van der Waals surface area contributed by atoms with Gasteiger partial charge in [0.2, 0.25) is 0 Å². The molecule has 6 nitrogen and oxygen atoms in total. The van der Waals surface area contributed by atoms with Crippen molar-refractivity contribution in [2.75, 3.05) is 5.32 Å². The minimum atomic E-state index is -0.325. The van der Waals surface area contributed by atoms with Gasteiger partial charge in [0.05, 0.1) is 12.0 Å². The van der Waals surface area contributed by atoms with Crippen LogP contribution in [-0.4, -0.2) is 21.6 Å². The number of aromatic nitrogens is 2. The highest BCUT2D eigenvalue weighted by atomic mass is 35.5. The normalized spacial score (nSPS) is 12.4. The fraction of sp³-hybridized carbons (Fsp3) is 0.0435. The first kappa shape index (κ1) is 18.3. The van der Waals surface area contributed by atoms with Gasteiger partial charge in [-0.25, -0.2) is 9.98 Å². The smallest absolute Gasteiger partial charge is 0.291 e. The first-order valence-electron chi connectivity index (χ1n) is 9.29. The summed E-state index contributed by atoms with van der Waals surface area (Å²) < 4.78 is 5.14. The van der Waals surface area contributed by atoms with Gasteiger partial charge in [0.1, 0.15) is 0 Å². The number of halogens is 1. The molecule has 0 spiro atoms. The van der Waals surface area contributed by atoms with Gasteiger partial charge >= 0.3 is 0 Å². The zero-order valence-electron chi connectivity index (χ0n) is 15.7. The van der Waals surface area contributed by atoms with Crippen LogP contribution in [0.4, 0.5) is 11.5 Å². The Kier molecular flexibility index (Phi) is 4.61. The third-order valence-corrected chi connectivity index (χ3v) is 5.16. The van der Waals surface area contributed by atoms with Gasteiger partial charge in [-0.15, -0.1) is 0 Å². The summed E-state index contributed by atoms with van der Waals surface area (Å²) in [5.74, 6) is 0.599. The standard InChI is InChI=1S/C23H15ClN4O2/c24-19-4-3-17(27-23(29)21-2-1-9-30-21)12-18(19)20-11-15-10-16(13-26-22(15)28-20)14-5-7-25-8-6-14/h1-10,12-13H,11H2,(H,27,29). The van der Waals surface area contributed by atoms with Crippen molar-refractivity contribution < 1.29 is 9.21 Å². The molecule has 0 saturated carbocycles. The van der Waals surface area contributed by atoms with E-state index in [0.29, 0.717) is 22.9 Å². The van der Waals surface area contributed by atoms with Gasteiger partial charge in [-0.05, 0) is 54.1 Å². The molecule has 5 rings (SSSR count). The fourth-order valence-electron chi connectivity index (χ4n) is 3.36. The van der Waals surface area contributed by atoms with E-state index < -0.39 is 0 Å². The number of benzene rings is 1. The Balaban J connectivity index is 1.41. The maximum atomic E-state index is 12.3. The number of amides is 1. The van der Waals surface area contributed by atoms with Gasteiger partial charge < -0.3 is 9.73 Å². The average Bonchev–Trinajstić information content (AvgIpc) is 3.45. The number of hydrogen-bond acceptors (Lipinski definition) is 5. The number of pyridine rings is 2. The zero-order chi connectivity index (χ0) is 20.5. The first-order chi connectivity index (χ1) is 14.7. The van der Waals surface area contributed by atoms with Crippen LogP contribution in [-0.2, 0) is 6.42 Å². The molecule has 1 aliphatic rings. The summed E-state index contributed by atoms with van der Waals surface area (Å²) in [7, 11) is 0. The molecule has 1 aliphatic heterocycles. The quantitative estimate of drug-likeness (QED) is 0.490. The molecule has 0 fully saturated rings. The van der Waals surface area contributed by atoms with E-state index in [1.807, 2.05) is 24.4 Å². The number of carbonyl (C=O) groups is 1. The molecule has 0 aliphatic carbocycles. The average molecular weight is 415 g/mol. The Morgan fingerprint density at radius 1 is 1.07 bits per heavy atom. The number of rotatable bonds is 4. The van der Waals surface area contributed by atoms with Crippen LogP contribution in [0, 0.1) is 0 Å². The second-order valence-electron chi connectivity index (χ2n) is 6.80. The molecule has 0 unspecified atom stereocenters. The predicted octanol–water partition coefficient (Wildman–Crippen LogP) is 5.32. The lowest BCUT2D eigenvalue weighted by molar-refractivity contribution is 0.0996. The number of hydrogen-bond donors (Lipinski definition) is 1. The number of carbonyl (C=O) groups excluding carboxylic acids is 1. The van der Waals surface area contributed by atoms with E-state index in [4.69, 9.17) is 16.0 Å². The third-order valence-electron chi connectivity index (χ3n) is 4.84. The molecule has 146 valence electrons. The number of furan rings is 1. The van der Waals surface area contributed by atoms with Gasteiger partial charge in [-0.1, -0.05) is 11.6 Å². The molecule has 0 atom stereocenters. The van der Waals surface area contributed by atoms with E-state index >= 15 is 0 Å². The van der Waals surface area contributed by atoms with Crippen molar-refractivity contribution in [1.82, 2.24) is 9.97 Å². The minimum Gasteiger partial charge on any atom is -0.459 e. The third kappa shape index (κ3) is 3.49. The monoisotopic (exact) mass is 414 g/mol. The number of fused-ring (bicyclic) bond motifs is 1. The van der Waals surface area contributed by atoms with E-state index in [1.165, 1.54) is 6.26 Å². The largest absolute Gasteiger partial charge is 0.459 e. The van der Waals surface area contributed by atoms with Gasteiger partial charge in [-0.2, -0.15) is 0 Å². The van der Waals surface area contributed by atoms with E-state index in [-0.39, 0.29) is 11.7 Å². The Labute approximate surface area is 177 Å². The number of anilines is 1. The predicted molar refractivity (Wildman–Crippen MR) is 115 cm³/mol. The van der Waals surface area contributed by atoms with Crippen LogP contribution >= 0.6 is 11.6 Å². The van der Waals surface area contributed by atoms with Crippen molar-refractivity contribution in [1.29, 1.82) is 0 Å². The molecule has 4 aromatic rings. The molecule has 30 heavy (non-hydrogen) atoms. The Morgan fingerprint density at radius 3 is 2.73 bits per heavy atom. The second-order valence-corrected chi connectivity index (χ2v) is 7.21. The van der Waals surface area contributed by atoms with Gasteiger partial charge in [-0.3, -0.25) is 9.78 Å². The SMILES string of the molecule is O=C(Nc1ccc(Cl)c(C2=Nc3ncc(-c4ccncc4)cc3C2)c1)c1ccco1. The molecule has 0 radical (unpaired) electrons. The molecule has 7 heteroatoms. The van der Waals surface area contributed by atoms with E-state index in [1.54, 1.807) is 36.7 Å². The zero-order valence-corrected chi connectivity index (χ0v) is 16.4. The highest BCUT2D eigenvalue weighted by Crippen LogP contribution is 2.33. The maximum absolute atomic E-state index is 12.3. The molecule has 0 bridgehead atoms. The number of aliphatic imine (C=N–C) groups is 1. The van der Waals surface area contributed by atoms with Crippen molar-refractivity contribution in [2.45, 2.75) is 6.42 Å². The second kappa shape index (κ2) is 7.57. The van der Waals surface area contributed by atoms with Crippen LogP contribution in [0.15, 0.2) is 82.8 Å². The van der Waals surface area contributed by atoms with Crippen LogP contribution in [0.1, 0.15) is 21.7 Å². The van der Waals surface area contributed by atoms with E-state index in [9.17, 15) is 4.79 Å². The summed E-state index contributed by atoms with van der Waals surface area (Å²) in [5.41, 5.74) is 5.27. The first-order valence-corrected chi connectivity index (χ1v) is 9.67. The van der Waals surface area contributed by atoms with Gasteiger partial charge in [0.25, 0.3) is 5.91 Å². The van der Waals surface area contributed by atoms with Gasteiger partial charge in [0.15, 0.2) is 11.6 Å². The summed E-state index contributed by atoms with van der Waals surface area (Å²) in [6, 6.07) is 14.6. The molecule has 1 N–H and O–H groups in total. The highest BCUT2D eigenvalue weighted by Gasteiger charge is 2.21. The van der Waals surface area contributed by atoms with Crippen LogP contribution in [0.5, 0.6) is 0 Å². The molecule has 3 aromatic heterocycles. The lowest BCUT2D eigenvalue weighted by atomic mass is 10.0. The topological polar surface area (TPSA) is 80.4 Å². The Morgan fingerprint density at radius 2 is 1.93 bits per heavy atom. The maximum Gasteiger partial charge on any atom is 0.291 e. The van der Waals surface area contributed by atoms with E-state index in [0.717, 1.165) is 28.0 Å². The molecule has 4 heterocycles. The summed E-state index contributed by atoms with van der Waals surface area (Å²) in [6.07, 6.45) is 7.39. The van der Waals surface area contributed by atoms with Crippen molar-refractivity contribution in [3.63, 3.8) is 0 Å². The summed E-state index contributed by atoms with van der Waals surface area (Å²) >= 11 is 6.44. The summed E-state index contributed by atoms with van der Waals surface area (Å²) in [4.78, 5) is 25.5. The van der Waals surface area contributed by atoms with Gasteiger partial charge in [0, 0.05) is 52.4 Å². The van der Waals surface area contributed by atoms with Crippen LogP contribution < -0.4 is 5.32 Å². The highest BCUT2D eigenvalue weighted by molar-refractivity contribution is 6.34. The lowest BCUT2D eigenvalue weighted by Gasteiger charge is -2.08. The van der Waals surface area contributed by atoms with Crippen LogP contribution in [0.2, 0.25) is 5.02 Å². The van der Waals surface area contributed by atoms with Crippen molar-refractivity contribution in [3.05, 3.63) is 95.3 Å². The molecular weight excluding hydrogens is 400 g/mol. The Hall–Kier alpha value is -3.77. The Bertz CT molecular complexity index is 1270.